The number of aliphatic hydroxyl groups excluding tert-OH is 1. The Bertz CT molecular complexity index is 558. The zero-order chi connectivity index (χ0) is 16.2. The lowest BCUT2D eigenvalue weighted by Gasteiger charge is -2.34. The van der Waals surface area contributed by atoms with Crippen molar-refractivity contribution in [1.82, 2.24) is 15.3 Å². The van der Waals surface area contributed by atoms with Crippen LogP contribution in [0.3, 0.4) is 0 Å². The molecule has 0 bridgehead atoms. The number of benzene rings is 1. The highest BCUT2D eigenvalue weighted by Gasteiger charge is 2.33. The number of β-amino-alcohol motifs (C(OH)–C–C–N with tert-alkyl or cyclic N) is 1. The number of hydrogen-bond acceptors (Lipinski definition) is 6. The van der Waals surface area contributed by atoms with Gasteiger partial charge in [-0.25, -0.2) is 4.79 Å². The number of piperazine rings is 1. The molecule has 2 atom stereocenters. The van der Waals surface area contributed by atoms with Crippen LogP contribution in [0.5, 0.6) is 0 Å². The Labute approximate surface area is 134 Å². The van der Waals surface area contributed by atoms with Gasteiger partial charge in [-0.3, -0.25) is 4.79 Å². The molecule has 0 aliphatic carbocycles. The summed E-state index contributed by atoms with van der Waals surface area (Å²) in [7, 11) is 0. The molecule has 0 aromatic heterocycles. The number of carbonyl (C=O) groups is 2. The standard InChI is InChI=1S/C16H21N3O4/c20-13-10-14(17-11-13)15(21)18-6-8-19(9-7-18)23-16(22)12-4-2-1-3-5-12/h1-5,13-14,17,20H,6-11H2/t13-,14+/m1/s1. The summed E-state index contributed by atoms with van der Waals surface area (Å²) >= 11 is 0. The average Bonchev–Trinajstić information content (AvgIpc) is 3.02. The van der Waals surface area contributed by atoms with Gasteiger partial charge in [-0.15, -0.1) is 5.06 Å². The summed E-state index contributed by atoms with van der Waals surface area (Å²) in [5.74, 6) is -0.374. The molecule has 2 aliphatic heterocycles. The fraction of sp³-hybridized carbons (Fsp3) is 0.500. The zero-order valence-electron chi connectivity index (χ0n) is 12.9. The highest BCUT2D eigenvalue weighted by atomic mass is 16.7. The number of nitrogens with zero attached hydrogens (tertiary/aromatic N) is 2. The Kier molecular flexibility index (Phi) is 4.90. The number of nitrogens with one attached hydrogen (secondary N) is 1. The van der Waals surface area contributed by atoms with E-state index in [0.29, 0.717) is 44.7 Å². The van der Waals surface area contributed by atoms with Gasteiger partial charge in [0.05, 0.1) is 30.8 Å². The second-order valence-electron chi connectivity index (χ2n) is 5.85. The third-order valence-corrected chi connectivity index (χ3v) is 4.18. The molecule has 2 aliphatic rings. The SMILES string of the molecule is O=C(ON1CCN(C(=O)[C@@H]2C[C@@H](O)CN2)CC1)c1ccccc1. The number of amides is 1. The number of hydroxylamine groups is 2. The fourth-order valence-electron chi connectivity index (χ4n) is 2.87. The first kappa shape index (κ1) is 15.9. The smallest absolute Gasteiger partial charge is 0.357 e. The summed E-state index contributed by atoms with van der Waals surface area (Å²) in [6, 6.07) is 8.53. The molecule has 1 amide bonds. The van der Waals surface area contributed by atoms with Gasteiger partial charge in [0.1, 0.15) is 0 Å². The van der Waals surface area contributed by atoms with Crippen LogP contribution in [-0.2, 0) is 9.63 Å². The molecule has 2 fully saturated rings. The topological polar surface area (TPSA) is 82.1 Å². The second kappa shape index (κ2) is 7.08. The van der Waals surface area contributed by atoms with E-state index in [1.807, 2.05) is 6.07 Å². The van der Waals surface area contributed by atoms with Gasteiger partial charge in [0.25, 0.3) is 0 Å². The van der Waals surface area contributed by atoms with Crippen molar-refractivity contribution >= 4 is 11.9 Å². The van der Waals surface area contributed by atoms with Crippen molar-refractivity contribution in [3.63, 3.8) is 0 Å². The lowest BCUT2D eigenvalue weighted by atomic mass is 10.1. The van der Waals surface area contributed by atoms with Crippen molar-refractivity contribution in [2.45, 2.75) is 18.6 Å². The van der Waals surface area contributed by atoms with Crippen molar-refractivity contribution in [2.24, 2.45) is 0 Å². The molecule has 0 unspecified atom stereocenters. The summed E-state index contributed by atoms with van der Waals surface area (Å²) in [5.41, 5.74) is 0.509. The highest BCUT2D eigenvalue weighted by Crippen LogP contribution is 2.12. The molecule has 0 saturated carbocycles. The minimum absolute atomic E-state index is 0.00980. The maximum atomic E-state index is 12.3. The highest BCUT2D eigenvalue weighted by molar-refractivity contribution is 5.89. The molecule has 2 heterocycles. The maximum Gasteiger partial charge on any atom is 0.357 e. The fourth-order valence-corrected chi connectivity index (χ4v) is 2.87. The molecule has 124 valence electrons. The van der Waals surface area contributed by atoms with Gasteiger partial charge in [0.2, 0.25) is 5.91 Å². The van der Waals surface area contributed by atoms with Crippen LogP contribution in [0.15, 0.2) is 30.3 Å². The first-order valence-electron chi connectivity index (χ1n) is 7.86. The summed E-state index contributed by atoms with van der Waals surface area (Å²) in [6.07, 6.45) is 0.0132. The van der Waals surface area contributed by atoms with Crippen molar-refractivity contribution in [3.05, 3.63) is 35.9 Å². The average molecular weight is 319 g/mol. The van der Waals surface area contributed by atoms with Gasteiger partial charge < -0.3 is 20.2 Å². The summed E-state index contributed by atoms with van der Waals surface area (Å²) in [4.78, 5) is 31.4. The Morgan fingerprint density at radius 2 is 1.83 bits per heavy atom. The predicted octanol–water partition coefficient (Wildman–Crippen LogP) is -0.375. The van der Waals surface area contributed by atoms with E-state index in [9.17, 15) is 14.7 Å². The van der Waals surface area contributed by atoms with Crippen LogP contribution in [-0.4, -0.2) is 71.8 Å². The number of hydrogen-bond donors (Lipinski definition) is 2. The van der Waals surface area contributed by atoms with Gasteiger partial charge in [0.15, 0.2) is 0 Å². The first-order chi connectivity index (χ1) is 11.1. The number of carbonyl (C=O) groups excluding carboxylic acids is 2. The molecular formula is C16H21N3O4. The van der Waals surface area contributed by atoms with Crippen LogP contribution in [0.2, 0.25) is 0 Å². The van der Waals surface area contributed by atoms with E-state index in [1.165, 1.54) is 0 Å². The molecule has 0 radical (unpaired) electrons. The molecule has 1 aromatic carbocycles. The van der Waals surface area contributed by atoms with Crippen LogP contribution in [0.4, 0.5) is 0 Å². The number of rotatable bonds is 3. The quantitative estimate of drug-likeness (QED) is 0.791. The molecular weight excluding hydrogens is 298 g/mol. The van der Waals surface area contributed by atoms with Crippen LogP contribution in [0.1, 0.15) is 16.8 Å². The van der Waals surface area contributed by atoms with Crippen molar-refractivity contribution < 1.29 is 19.5 Å². The van der Waals surface area contributed by atoms with Crippen LogP contribution < -0.4 is 5.32 Å². The van der Waals surface area contributed by atoms with Crippen LogP contribution >= 0.6 is 0 Å². The van der Waals surface area contributed by atoms with Crippen LogP contribution in [0.25, 0.3) is 0 Å². The molecule has 1 aromatic rings. The minimum atomic E-state index is -0.447. The number of aliphatic hydroxyl groups is 1. The summed E-state index contributed by atoms with van der Waals surface area (Å²) in [5, 5.41) is 14.1. The Balaban J connectivity index is 1.47. The van der Waals surface area contributed by atoms with E-state index in [-0.39, 0.29) is 17.9 Å². The van der Waals surface area contributed by atoms with E-state index < -0.39 is 6.10 Å². The molecule has 3 rings (SSSR count). The Morgan fingerprint density at radius 3 is 2.43 bits per heavy atom. The molecule has 23 heavy (non-hydrogen) atoms. The Hall–Kier alpha value is -1.96. The predicted molar refractivity (Wildman–Crippen MR) is 82.4 cm³/mol. The largest absolute Gasteiger partial charge is 0.392 e. The molecule has 0 spiro atoms. The minimum Gasteiger partial charge on any atom is -0.392 e. The van der Waals surface area contributed by atoms with Crippen molar-refractivity contribution in [3.8, 4) is 0 Å². The van der Waals surface area contributed by atoms with E-state index in [0.717, 1.165) is 0 Å². The third-order valence-electron chi connectivity index (χ3n) is 4.18. The summed E-state index contributed by atoms with van der Waals surface area (Å²) < 4.78 is 0. The van der Waals surface area contributed by atoms with Crippen LogP contribution in [0, 0.1) is 0 Å². The van der Waals surface area contributed by atoms with E-state index >= 15 is 0 Å². The maximum absolute atomic E-state index is 12.3. The van der Waals surface area contributed by atoms with Gasteiger partial charge in [0, 0.05) is 19.6 Å². The lowest BCUT2D eigenvalue weighted by Crippen LogP contribution is -2.53. The molecule has 2 N–H and O–H groups in total. The molecule has 2 saturated heterocycles. The van der Waals surface area contributed by atoms with Gasteiger partial charge in [-0.05, 0) is 18.6 Å². The van der Waals surface area contributed by atoms with Gasteiger partial charge >= 0.3 is 5.97 Å². The lowest BCUT2D eigenvalue weighted by molar-refractivity contribution is -0.150. The van der Waals surface area contributed by atoms with Gasteiger partial charge in [-0.1, -0.05) is 18.2 Å². The first-order valence-corrected chi connectivity index (χ1v) is 7.86. The monoisotopic (exact) mass is 319 g/mol. The van der Waals surface area contributed by atoms with Gasteiger partial charge in [-0.2, -0.15) is 0 Å². The van der Waals surface area contributed by atoms with E-state index in [1.54, 1.807) is 34.2 Å². The summed E-state index contributed by atoms with van der Waals surface area (Å²) in [6.45, 7) is 2.45. The third kappa shape index (κ3) is 3.87. The second-order valence-corrected chi connectivity index (χ2v) is 5.85. The molecule has 7 heteroatoms. The molecule has 7 nitrogen and oxygen atoms in total. The normalized spacial score (nSPS) is 25.3. The van der Waals surface area contributed by atoms with Crippen molar-refractivity contribution in [1.29, 1.82) is 0 Å². The van der Waals surface area contributed by atoms with E-state index in [2.05, 4.69) is 5.32 Å². The Morgan fingerprint density at radius 1 is 1.13 bits per heavy atom. The zero-order valence-corrected chi connectivity index (χ0v) is 12.9. The van der Waals surface area contributed by atoms with Crippen molar-refractivity contribution in [2.75, 3.05) is 32.7 Å². The van der Waals surface area contributed by atoms with E-state index in [4.69, 9.17) is 4.84 Å².